The molecule has 0 aromatic heterocycles. The molecule has 1 aromatic rings. The van der Waals surface area contributed by atoms with Crippen molar-refractivity contribution in [1.82, 2.24) is 0 Å². The first-order chi connectivity index (χ1) is 9.97. The van der Waals surface area contributed by atoms with Crippen LogP contribution >= 0.6 is 11.6 Å². The standard InChI is InChI=1S/C15H17ClO5/c1-20-13-7-6-10(9-14(13)21-2)8-12(18)11(17)4-3-5-15(16)19/h6-7,9H,3-5,8H2,1-2H3. The number of hydrogen-bond donors (Lipinski definition) is 0. The quantitative estimate of drug-likeness (QED) is 0.517. The molecule has 1 rings (SSSR count). The molecule has 0 bridgehead atoms. The number of Topliss-reactive ketones (excluding diaryl/α,β-unsaturated/α-hetero) is 2. The normalized spacial score (nSPS) is 10.0. The van der Waals surface area contributed by atoms with Crippen molar-refractivity contribution in [3.05, 3.63) is 23.8 Å². The highest BCUT2D eigenvalue weighted by Gasteiger charge is 2.15. The number of hydrogen-bond acceptors (Lipinski definition) is 5. The fourth-order valence-corrected chi connectivity index (χ4v) is 1.94. The first kappa shape index (κ1) is 17.2. The smallest absolute Gasteiger partial charge is 0.221 e. The molecule has 0 unspecified atom stereocenters. The SMILES string of the molecule is COc1ccc(CC(=O)C(=O)CCCC(=O)Cl)cc1OC. The van der Waals surface area contributed by atoms with E-state index in [1.165, 1.54) is 14.2 Å². The lowest BCUT2D eigenvalue weighted by Crippen LogP contribution is -2.16. The largest absolute Gasteiger partial charge is 0.493 e. The minimum atomic E-state index is -0.505. The van der Waals surface area contributed by atoms with Gasteiger partial charge in [0.25, 0.3) is 0 Å². The Balaban J connectivity index is 2.61. The van der Waals surface area contributed by atoms with E-state index in [9.17, 15) is 14.4 Å². The summed E-state index contributed by atoms with van der Waals surface area (Å²) in [7, 11) is 3.02. The van der Waals surface area contributed by atoms with Gasteiger partial charge < -0.3 is 9.47 Å². The molecule has 0 fully saturated rings. The molecule has 0 atom stereocenters. The van der Waals surface area contributed by atoms with Crippen LogP contribution in [0.2, 0.25) is 0 Å². The highest BCUT2D eigenvalue weighted by Crippen LogP contribution is 2.27. The van der Waals surface area contributed by atoms with Crippen LogP contribution < -0.4 is 9.47 Å². The Bertz CT molecular complexity index is 539. The zero-order valence-corrected chi connectivity index (χ0v) is 12.7. The number of ketones is 2. The topological polar surface area (TPSA) is 69.7 Å². The third-order valence-electron chi connectivity index (χ3n) is 2.90. The Morgan fingerprint density at radius 1 is 1.00 bits per heavy atom. The van der Waals surface area contributed by atoms with E-state index in [0.29, 0.717) is 23.5 Å². The van der Waals surface area contributed by atoms with Crippen LogP contribution in [0.1, 0.15) is 24.8 Å². The van der Waals surface area contributed by atoms with Crippen molar-refractivity contribution in [1.29, 1.82) is 0 Å². The van der Waals surface area contributed by atoms with Gasteiger partial charge in [0, 0.05) is 19.3 Å². The monoisotopic (exact) mass is 312 g/mol. The van der Waals surface area contributed by atoms with Crippen molar-refractivity contribution >= 4 is 28.4 Å². The van der Waals surface area contributed by atoms with Crippen molar-refractivity contribution in [3.63, 3.8) is 0 Å². The van der Waals surface area contributed by atoms with Crippen molar-refractivity contribution in [3.8, 4) is 11.5 Å². The minimum absolute atomic E-state index is 0.00594. The molecule has 0 N–H and O–H groups in total. The molecule has 0 heterocycles. The molecule has 0 saturated carbocycles. The van der Waals surface area contributed by atoms with Gasteiger partial charge in [-0.1, -0.05) is 6.07 Å². The summed E-state index contributed by atoms with van der Waals surface area (Å²) in [5.41, 5.74) is 0.666. The van der Waals surface area contributed by atoms with Gasteiger partial charge in [0.2, 0.25) is 11.0 Å². The zero-order chi connectivity index (χ0) is 15.8. The predicted molar refractivity (Wildman–Crippen MR) is 78.0 cm³/mol. The summed E-state index contributed by atoms with van der Waals surface area (Å²) in [5, 5.41) is -0.505. The minimum Gasteiger partial charge on any atom is -0.493 e. The van der Waals surface area contributed by atoms with Gasteiger partial charge in [0.05, 0.1) is 14.2 Å². The van der Waals surface area contributed by atoms with E-state index >= 15 is 0 Å². The molecule has 114 valence electrons. The van der Waals surface area contributed by atoms with Crippen LogP contribution in [0.3, 0.4) is 0 Å². The Morgan fingerprint density at radius 3 is 2.24 bits per heavy atom. The van der Waals surface area contributed by atoms with Crippen LogP contribution in [0, 0.1) is 0 Å². The number of carbonyl (C=O) groups is 3. The summed E-state index contributed by atoms with van der Waals surface area (Å²) >= 11 is 5.17. The molecule has 21 heavy (non-hydrogen) atoms. The fourth-order valence-electron chi connectivity index (χ4n) is 1.80. The van der Waals surface area contributed by atoms with Crippen LogP contribution in [0.15, 0.2) is 18.2 Å². The number of halogens is 1. The van der Waals surface area contributed by atoms with Gasteiger partial charge in [-0.2, -0.15) is 0 Å². The van der Waals surface area contributed by atoms with Crippen LogP contribution in [-0.2, 0) is 20.8 Å². The molecule has 0 amide bonds. The molecule has 6 heteroatoms. The summed E-state index contributed by atoms with van der Waals surface area (Å²) < 4.78 is 10.2. The maximum absolute atomic E-state index is 11.8. The van der Waals surface area contributed by atoms with E-state index < -0.39 is 16.8 Å². The third-order valence-corrected chi connectivity index (χ3v) is 3.09. The summed E-state index contributed by atoms with van der Waals surface area (Å²) in [4.78, 5) is 34.0. The van der Waals surface area contributed by atoms with Gasteiger partial charge in [-0.3, -0.25) is 14.4 Å². The molecule has 0 radical (unpaired) electrons. The number of benzene rings is 1. The number of carbonyl (C=O) groups excluding carboxylic acids is 3. The third kappa shape index (κ3) is 5.55. The molecule has 5 nitrogen and oxygen atoms in total. The average molecular weight is 313 g/mol. The molecular weight excluding hydrogens is 296 g/mol. The van der Waals surface area contributed by atoms with E-state index in [0.717, 1.165) is 0 Å². The molecule has 1 aromatic carbocycles. The van der Waals surface area contributed by atoms with E-state index in [2.05, 4.69) is 0 Å². The Kier molecular flexibility index (Phi) is 6.88. The maximum atomic E-state index is 11.8. The van der Waals surface area contributed by atoms with Crippen LogP contribution in [0.4, 0.5) is 0 Å². The summed E-state index contributed by atoms with van der Waals surface area (Å²) in [6, 6.07) is 5.04. The molecule has 0 aliphatic heterocycles. The van der Waals surface area contributed by atoms with Crippen LogP contribution in [0.5, 0.6) is 11.5 Å². The maximum Gasteiger partial charge on any atom is 0.221 e. The first-order valence-electron chi connectivity index (χ1n) is 6.43. The molecule has 0 aliphatic rings. The average Bonchev–Trinajstić information content (AvgIpc) is 2.46. The van der Waals surface area contributed by atoms with Gasteiger partial charge in [0.1, 0.15) is 0 Å². The highest BCUT2D eigenvalue weighted by atomic mass is 35.5. The van der Waals surface area contributed by atoms with Gasteiger partial charge in [-0.25, -0.2) is 0 Å². The lowest BCUT2D eigenvalue weighted by Gasteiger charge is -2.09. The summed E-state index contributed by atoms with van der Waals surface area (Å²) in [6.45, 7) is 0. The van der Waals surface area contributed by atoms with Gasteiger partial charge >= 0.3 is 0 Å². The Labute approximate surface area is 128 Å². The fraction of sp³-hybridized carbons (Fsp3) is 0.400. The molecule has 0 spiro atoms. The summed E-state index contributed by atoms with van der Waals surface area (Å²) in [6.07, 6.45) is 0.411. The van der Waals surface area contributed by atoms with Crippen LogP contribution in [-0.4, -0.2) is 31.0 Å². The van der Waals surface area contributed by atoms with Gasteiger partial charge in [0.15, 0.2) is 17.3 Å². The van der Waals surface area contributed by atoms with Crippen LogP contribution in [0.25, 0.3) is 0 Å². The van der Waals surface area contributed by atoms with E-state index in [1.54, 1.807) is 18.2 Å². The lowest BCUT2D eigenvalue weighted by atomic mass is 10.0. The number of methoxy groups -OCH3 is 2. The van der Waals surface area contributed by atoms with Crippen molar-refractivity contribution < 1.29 is 23.9 Å². The number of ether oxygens (including phenoxy) is 2. The molecule has 0 saturated heterocycles. The lowest BCUT2D eigenvalue weighted by molar-refractivity contribution is -0.136. The van der Waals surface area contributed by atoms with Gasteiger partial charge in [-0.15, -0.1) is 0 Å². The second-order valence-electron chi connectivity index (χ2n) is 4.42. The van der Waals surface area contributed by atoms with E-state index in [1.807, 2.05) is 0 Å². The zero-order valence-electron chi connectivity index (χ0n) is 12.0. The van der Waals surface area contributed by atoms with Crippen molar-refractivity contribution in [2.75, 3.05) is 14.2 Å². The first-order valence-corrected chi connectivity index (χ1v) is 6.81. The highest BCUT2D eigenvalue weighted by molar-refractivity contribution is 6.63. The van der Waals surface area contributed by atoms with Gasteiger partial charge in [-0.05, 0) is 35.7 Å². The van der Waals surface area contributed by atoms with E-state index in [-0.39, 0.29) is 19.3 Å². The second kappa shape index (κ2) is 8.42. The van der Waals surface area contributed by atoms with Crippen molar-refractivity contribution in [2.24, 2.45) is 0 Å². The summed E-state index contributed by atoms with van der Waals surface area (Å²) in [5.74, 6) is 0.0654. The number of rotatable bonds is 9. The van der Waals surface area contributed by atoms with Crippen molar-refractivity contribution in [2.45, 2.75) is 25.7 Å². The Hall–Kier alpha value is -1.88. The molecular formula is C15H17ClO5. The predicted octanol–water partition coefficient (Wildman–Crippen LogP) is 2.32. The Morgan fingerprint density at radius 2 is 1.67 bits per heavy atom. The second-order valence-corrected chi connectivity index (χ2v) is 4.84. The molecule has 0 aliphatic carbocycles. The van der Waals surface area contributed by atoms with E-state index in [4.69, 9.17) is 21.1 Å².